The molecule has 1 aromatic heterocycles. The molecule has 31 heavy (non-hydrogen) atoms. The van der Waals surface area contributed by atoms with Crippen LogP contribution < -0.4 is 9.64 Å². The van der Waals surface area contributed by atoms with Crippen molar-refractivity contribution in [2.24, 2.45) is 0 Å². The Morgan fingerprint density at radius 3 is 2.23 bits per heavy atom. The van der Waals surface area contributed by atoms with Crippen LogP contribution in [0.15, 0.2) is 42.6 Å². The highest BCUT2D eigenvalue weighted by atomic mass is 19.3. The summed E-state index contributed by atoms with van der Waals surface area (Å²) < 4.78 is 29.7. The van der Waals surface area contributed by atoms with Gasteiger partial charge in [-0.05, 0) is 37.1 Å². The van der Waals surface area contributed by atoms with Crippen LogP contribution in [0.1, 0.15) is 33.7 Å². The van der Waals surface area contributed by atoms with E-state index in [1.54, 1.807) is 22.1 Å². The number of ether oxygens (including phenoxy) is 1. The second kappa shape index (κ2) is 9.28. The Labute approximate surface area is 179 Å². The SMILES string of the molecule is O=C(c1cc(N2CCCC2)ccn1)N1CCN(C(=O)c2ccccc2OC(F)F)CC1. The molecule has 2 fully saturated rings. The van der Waals surface area contributed by atoms with Crippen molar-refractivity contribution in [3.05, 3.63) is 53.9 Å². The largest absolute Gasteiger partial charge is 0.434 e. The number of benzene rings is 1. The van der Waals surface area contributed by atoms with Gasteiger partial charge in [0.15, 0.2) is 0 Å². The monoisotopic (exact) mass is 430 g/mol. The number of carbonyl (C=O) groups is 2. The van der Waals surface area contributed by atoms with Crippen LogP contribution in [0.2, 0.25) is 0 Å². The van der Waals surface area contributed by atoms with Crippen molar-refractivity contribution in [1.82, 2.24) is 14.8 Å². The van der Waals surface area contributed by atoms with Gasteiger partial charge < -0.3 is 19.4 Å². The Morgan fingerprint density at radius 2 is 1.55 bits per heavy atom. The lowest BCUT2D eigenvalue weighted by atomic mass is 10.1. The number of amides is 2. The lowest BCUT2D eigenvalue weighted by molar-refractivity contribution is -0.0503. The van der Waals surface area contributed by atoms with Gasteiger partial charge in [-0.3, -0.25) is 14.6 Å². The predicted octanol–water partition coefficient (Wildman–Crippen LogP) is 2.88. The quantitative estimate of drug-likeness (QED) is 0.730. The predicted molar refractivity (Wildman–Crippen MR) is 111 cm³/mol. The number of hydrogen-bond donors (Lipinski definition) is 0. The Morgan fingerprint density at radius 1 is 0.903 bits per heavy atom. The first kappa shape index (κ1) is 21.0. The molecule has 2 saturated heterocycles. The molecule has 0 unspecified atom stereocenters. The molecule has 0 N–H and O–H groups in total. The minimum Gasteiger partial charge on any atom is -0.434 e. The van der Waals surface area contributed by atoms with E-state index in [4.69, 9.17) is 0 Å². The molecular formula is C22H24F2N4O3. The Kier molecular flexibility index (Phi) is 6.29. The summed E-state index contributed by atoms with van der Waals surface area (Å²) in [6.45, 7) is 0.256. The van der Waals surface area contributed by atoms with Gasteiger partial charge in [-0.15, -0.1) is 0 Å². The lowest BCUT2D eigenvalue weighted by Gasteiger charge is -2.35. The van der Waals surface area contributed by atoms with Crippen LogP contribution in [0.5, 0.6) is 5.75 Å². The first-order valence-electron chi connectivity index (χ1n) is 10.4. The summed E-state index contributed by atoms with van der Waals surface area (Å²) in [5, 5.41) is 0. The summed E-state index contributed by atoms with van der Waals surface area (Å²) in [6, 6.07) is 9.68. The van der Waals surface area contributed by atoms with Crippen LogP contribution in [0.3, 0.4) is 0 Å². The van der Waals surface area contributed by atoms with E-state index in [0.29, 0.717) is 31.9 Å². The van der Waals surface area contributed by atoms with Gasteiger partial charge in [-0.2, -0.15) is 8.78 Å². The highest BCUT2D eigenvalue weighted by Crippen LogP contribution is 2.24. The van der Waals surface area contributed by atoms with E-state index < -0.39 is 12.5 Å². The van der Waals surface area contributed by atoms with Crippen molar-refractivity contribution < 1.29 is 23.1 Å². The fourth-order valence-corrected chi connectivity index (χ4v) is 4.00. The standard InChI is InChI=1S/C22H24F2N4O3/c23-22(24)31-19-6-2-1-5-17(19)20(29)27-11-13-28(14-12-27)21(30)18-15-16(7-8-25-18)26-9-3-4-10-26/h1-2,5-8,15,22H,3-4,9-14H2. The van der Waals surface area contributed by atoms with Crippen molar-refractivity contribution >= 4 is 17.5 Å². The van der Waals surface area contributed by atoms with E-state index in [9.17, 15) is 18.4 Å². The van der Waals surface area contributed by atoms with Crippen LogP contribution in [0, 0.1) is 0 Å². The Bertz CT molecular complexity index is 942. The second-order valence-corrected chi connectivity index (χ2v) is 7.55. The molecular weight excluding hydrogens is 406 g/mol. The molecule has 1 aromatic carbocycles. The number of pyridine rings is 1. The van der Waals surface area contributed by atoms with Gasteiger partial charge in [0, 0.05) is 51.2 Å². The van der Waals surface area contributed by atoms with E-state index in [0.717, 1.165) is 31.6 Å². The van der Waals surface area contributed by atoms with Crippen molar-refractivity contribution in [2.45, 2.75) is 19.5 Å². The summed E-state index contributed by atoms with van der Waals surface area (Å²) in [5.41, 5.74) is 1.47. The fourth-order valence-electron chi connectivity index (χ4n) is 4.00. The highest BCUT2D eigenvalue weighted by molar-refractivity contribution is 5.97. The zero-order chi connectivity index (χ0) is 21.8. The molecule has 3 heterocycles. The molecule has 2 aliphatic rings. The van der Waals surface area contributed by atoms with E-state index >= 15 is 0 Å². The molecule has 2 amide bonds. The van der Waals surface area contributed by atoms with Crippen LogP contribution in [0.4, 0.5) is 14.5 Å². The van der Waals surface area contributed by atoms with Crippen molar-refractivity contribution in [3.63, 3.8) is 0 Å². The number of aromatic nitrogens is 1. The van der Waals surface area contributed by atoms with Gasteiger partial charge in [0.2, 0.25) is 0 Å². The summed E-state index contributed by atoms with van der Waals surface area (Å²) in [6.07, 6.45) is 3.95. The Balaban J connectivity index is 1.39. The third kappa shape index (κ3) is 4.76. The number of halogens is 2. The van der Waals surface area contributed by atoms with Crippen molar-refractivity contribution in [2.75, 3.05) is 44.2 Å². The Hall–Kier alpha value is -3.23. The second-order valence-electron chi connectivity index (χ2n) is 7.55. The van der Waals surface area contributed by atoms with Crippen LogP contribution >= 0.6 is 0 Å². The molecule has 9 heteroatoms. The molecule has 2 aromatic rings. The number of carbonyl (C=O) groups excluding carboxylic acids is 2. The number of anilines is 1. The van der Waals surface area contributed by atoms with Gasteiger partial charge >= 0.3 is 6.61 Å². The van der Waals surface area contributed by atoms with Crippen molar-refractivity contribution in [1.29, 1.82) is 0 Å². The number of piperazine rings is 1. The zero-order valence-electron chi connectivity index (χ0n) is 17.0. The normalized spacial score (nSPS) is 16.7. The molecule has 0 atom stereocenters. The fraction of sp³-hybridized carbons (Fsp3) is 0.409. The number of alkyl halides is 2. The molecule has 0 bridgehead atoms. The highest BCUT2D eigenvalue weighted by Gasteiger charge is 2.28. The molecule has 0 aliphatic carbocycles. The molecule has 164 valence electrons. The third-order valence-electron chi connectivity index (χ3n) is 5.62. The number of nitrogens with zero attached hydrogens (tertiary/aromatic N) is 4. The third-order valence-corrected chi connectivity index (χ3v) is 5.62. The maximum atomic E-state index is 12.9. The number of hydrogen-bond acceptors (Lipinski definition) is 5. The molecule has 4 rings (SSSR count). The summed E-state index contributed by atoms with van der Waals surface area (Å²) in [4.78, 5) is 35.4. The topological polar surface area (TPSA) is 66.0 Å². The summed E-state index contributed by atoms with van der Waals surface area (Å²) in [7, 11) is 0. The molecule has 2 aliphatic heterocycles. The minimum absolute atomic E-state index is 0.0857. The lowest BCUT2D eigenvalue weighted by Crippen LogP contribution is -2.50. The number of para-hydroxylation sites is 1. The van der Waals surface area contributed by atoms with Crippen LogP contribution in [-0.2, 0) is 0 Å². The molecule has 7 nitrogen and oxygen atoms in total. The average molecular weight is 430 g/mol. The maximum Gasteiger partial charge on any atom is 0.387 e. The smallest absolute Gasteiger partial charge is 0.387 e. The first-order chi connectivity index (χ1) is 15.0. The van der Waals surface area contributed by atoms with Gasteiger partial charge in [0.05, 0.1) is 5.56 Å². The van der Waals surface area contributed by atoms with E-state index in [-0.39, 0.29) is 17.2 Å². The average Bonchev–Trinajstić information content (AvgIpc) is 3.33. The van der Waals surface area contributed by atoms with Crippen molar-refractivity contribution in [3.8, 4) is 5.75 Å². The van der Waals surface area contributed by atoms with Gasteiger partial charge in [0.25, 0.3) is 11.8 Å². The van der Waals surface area contributed by atoms with Crippen LogP contribution in [-0.4, -0.2) is 72.5 Å². The summed E-state index contributed by atoms with van der Waals surface area (Å²) in [5.74, 6) is -0.712. The zero-order valence-corrected chi connectivity index (χ0v) is 17.0. The van der Waals surface area contributed by atoms with Gasteiger partial charge in [0.1, 0.15) is 11.4 Å². The molecule has 0 radical (unpaired) electrons. The minimum atomic E-state index is -3.01. The number of rotatable bonds is 5. The van der Waals surface area contributed by atoms with E-state index in [1.807, 2.05) is 12.1 Å². The maximum absolute atomic E-state index is 12.9. The molecule has 0 saturated carbocycles. The summed E-state index contributed by atoms with van der Waals surface area (Å²) >= 11 is 0. The first-order valence-corrected chi connectivity index (χ1v) is 10.4. The van der Waals surface area contributed by atoms with E-state index in [2.05, 4.69) is 14.6 Å². The van der Waals surface area contributed by atoms with Crippen LogP contribution in [0.25, 0.3) is 0 Å². The molecule has 0 spiro atoms. The van der Waals surface area contributed by atoms with Gasteiger partial charge in [-0.1, -0.05) is 12.1 Å². The van der Waals surface area contributed by atoms with Gasteiger partial charge in [-0.25, -0.2) is 0 Å². The van der Waals surface area contributed by atoms with E-state index in [1.165, 1.54) is 18.2 Å².